The molecular weight excluding hydrogens is 969 g/mol. The summed E-state index contributed by atoms with van der Waals surface area (Å²) in [4.78, 5) is 20.8. The van der Waals surface area contributed by atoms with E-state index < -0.39 is 30.3 Å². The Morgan fingerprint density at radius 1 is 0.600 bits per heavy atom. The molecule has 0 aliphatic rings. The summed E-state index contributed by atoms with van der Waals surface area (Å²) in [5.41, 5.74) is 0. The van der Waals surface area contributed by atoms with E-state index in [9.17, 15) is 9.59 Å². The van der Waals surface area contributed by atoms with E-state index >= 15 is 0 Å². The molecule has 0 aliphatic carbocycles. The van der Waals surface area contributed by atoms with Crippen LogP contribution in [0.2, 0.25) is 13.3 Å². The molecule has 0 amide bonds. The zero-order chi connectivity index (χ0) is 35.3. The van der Waals surface area contributed by atoms with Gasteiger partial charge in [-0.15, -0.1) is 5.10 Å². The fourth-order valence-corrected chi connectivity index (χ4v) is 21.7. The van der Waals surface area contributed by atoms with E-state index in [1.54, 1.807) is 0 Å². The summed E-state index contributed by atoms with van der Waals surface area (Å²) < 4.78 is 10.7. The van der Waals surface area contributed by atoms with Crippen LogP contribution in [0.5, 0.6) is 0 Å². The van der Waals surface area contributed by atoms with Gasteiger partial charge in [-0.2, -0.15) is 0 Å². The van der Waals surface area contributed by atoms with E-state index in [0.717, 1.165) is 61.7 Å². The van der Waals surface area contributed by atoms with E-state index in [4.69, 9.17) is 15.3 Å². The summed E-state index contributed by atoms with van der Waals surface area (Å²) >= 11 is -0.271. The predicted molar refractivity (Wildman–Crippen MR) is 210 cm³/mol. The number of hydrogen-bond donors (Lipinski definition) is 2. The molecule has 4 N–H and O–H groups in total. The molecule has 0 aliphatic heterocycles. The molecule has 11 nitrogen and oxygen atoms in total. The minimum absolute atomic E-state index is 0. The number of aryl methyl sites for hydroxylation is 2. The van der Waals surface area contributed by atoms with Crippen LogP contribution in [-0.2, 0) is 22.7 Å². The number of unbranched alkanes of at least 4 members (excludes halogenated alkanes) is 15. The number of nitrogens with zero attached hydrogens (tertiary/aromatic N) is 6. The number of carbonyl (C=O) groups is 2. The quantitative estimate of drug-likeness (QED) is 0.0563. The topological polar surface area (TPSA) is 168 Å². The molecule has 0 aromatic carbocycles. The number of halogens is 2. The first-order valence-electron chi connectivity index (χ1n) is 19.2. The van der Waals surface area contributed by atoms with Crippen LogP contribution in [0.25, 0.3) is 0 Å². The van der Waals surface area contributed by atoms with E-state index in [1.807, 2.05) is 10.9 Å². The molecule has 0 saturated heterocycles. The molecule has 0 spiro atoms. The summed E-state index contributed by atoms with van der Waals surface area (Å²) in [6, 6.07) is 0. The largest absolute Gasteiger partial charge is 1.00 e. The molecule has 0 fully saturated rings. The van der Waals surface area contributed by atoms with Crippen molar-refractivity contribution in [2.45, 2.75) is 188 Å². The molecule has 0 atom stereocenters. The van der Waals surface area contributed by atoms with Gasteiger partial charge in [-0.05, 0) is 35.4 Å². The maximum atomic E-state index is 10.5. The van der Waals surface area contributed by atoms with Gasteiger partial charge in [-0.3, -0.25) is 14.3 Å². The van der Waals surface area contributed by atoms with Gasteiger partial charge in [0.05, 0.1) is 6.20 Å². The van der Waals surface area contributed by atoms with Crippen LogP contribution in [0.15, 0.2) is 12.4 Å². The maximum absolute atomic E-state index is 10.5. The van der Waals surface area contributed by atoms with Gasteiger partial charge in [0.2, 0.25) is 0 Å². The van der Waals surface area contributed by atoms with E-state index in [1.165, 1.54) is 100 Å². The molecule has 2 aromatic rings. The average molecular weight is 1040 g/mol. The third kappa shape index (κ3) is 26.2. The minimum atomic E-state index is -2.43. The Morgan fingerprint density at radius 3 is 1.32 bits per heavy atom. The Kier molecular flexibility index (Phi) is 35.3. The molecular formula is C36H69I2N6O5Sn-. The van der Waals surface area contributed by atoms with Crippen molar-refractivity contribution in [2.75, 3.05) is 0 Å². The summed E-state index contributed by atoms with van der Waals surface area (Å²) in [5.74, 6) is -1.35. The Labute approximate surface area is 337 Å². The zero-order valence-electron chi connectivity index (χ0n) is 31.4. The van der Waals surface area contributed by atoms with Gasteiger partial charge < -0.3 is 39.7 Å². The normalized spacial score (nSPS) is 11.0. The second-order valence-corrected chi connectivity index (χ2v) is 27.7. The van der Waals surface area contributed by atoms with Crippen molar-refractivity contribution < 1.29 is 49.3 Å². The first-order valence-corrected chi connectivity index (χ1v) is 27.7. The molecule has 0 radical (unpaired) electrons. The Balaban J connectivity index is 0. The fraction of sp³-hybridized carbons (Fsp3) is 0.833. The van der Waals surface area contributed by atoms with E-state index in [0.29, 0.717) is 12.8 Å². The molecule has 0 saturated carbocycles. The van der Waals surface area contributed by atoms with Crippen LogP contribution in [0.4, 0.5) is 0 Å². The van der Waals surface area contributed by atoms with Crippen LogP contribution >= 0.6 is 22.6 Å². The molecule has 2 aromatic heterocycles. The first kappa shape index (κ1) is 51.5. The van der Waals surface area contributed by atoms with Gasteiger partial charge in [0, 0.05) is 13.0 Å². The van der Waals surface area contributed by atoms with Gasteiger partial charge in [-0.25, -0.2) is 0 Å². The number of aliphatic carboxylic acids is 2. The van der Waals surface area contributed by atoms with Gasteiger partial charge in [0.1, 0.15) is 3.70 Å². The molecule has 2 heterocycles. The zero-order valence-corrected chi connectivity index (χ0v) is 38.6. The van der Waals surface area contributed by atoms with Gasteiger partial charge in [0.15, 0.2) is 0 Å². The van der Waals surface area contributed by atoms with Crippen molar-refractivity contribution in [1.82, 2.24) is 30.0 Å². The monoisotopic (exact) mass is 1040 g/mol. The Morgan fingerprint density at radius 2 is 0.960 bits per heavy atom. The third-order valence-electron chi connectivity index (χ3n) is 9.18. The number of hydrogen-bond acceptors (Lipinski definition) is 6. The van der Waals surface area contributed by atoms with Gasteiger partial charge in [0.25, 0.3) is 0 Å². The fourth-order valence-electron chi connectivity index (χ4n) is 6.21. The van der Waals surface area contributed by atoms with Crippen LogP contribution in [0.3, 0.4) is 0 Å². The van der Waals surface area contributed by atoms with Crippen LogP contribution in [-0.4, -0.2) is 76.0 Å². The molecule has 0 bridgehead atoms. The van der Waals surface area contributed by atoms with E-state index in [2.05, 4.69) is 69.8 Å². The Bertz CT molecular complexity index is 1070. The maximum Gasteiger partial charge on any atom is 0.303 e. The second kappa shape index (κ2) is 34.2. The first-order chi connectivity index (χ1) is 23.3. The Hall–Kier alpha value is -0.561. The van der Waals surface area contributed by atoms with Crippen molar-refractivity contribution in [3.8, 4) is 0 Å². The summed E-state index contributed by atoms with van der Waals surface area (Å²) in [6.07, 6.45) is 28.5. The summed E-state index contributed by atoms with van der Waals surface area (Å²) in [5, 5.41) is 34.4. The molecule has 50 heavy (non-hydrogen) atoms. The predicted octanol–water partition coefficient (Wildman–Crippen LogP) is 5.81. The van der Waals surface area contributed by atoms with Crippen LogP contribution in [0, 0.1) is 3.70 Å². The molecule has 0 unspecified atom stereocenters. The molecule has 292 valence electrons. The minimum Gasteiger partial charge on any atom is -1.00 e. The summed E-state index contributed by atoms with van der Waals surface area (Å²) in [7, 11) is 0. The average Bonchev–Trinajstić information content (AvgIpc) is 3.72. The van der Waals surface area contributed by atoms with Crippen molar-refractivity contribution in [1.29, 1.82) is 0 Å². The number of rotatable bonds is 30. The number of aromatic nitrogens is 6. The van der Waals surface area contributed by atoms with Crippen molar-refractivity contribution in [3.63, 3.8) is 0 Å². The summed E-state index contributed by atoms with van der Waals surface area (Å²) in [6.45, 7) is 8.89. The van der Waals surface area contributed by atoms with Gasteiger partial charge >= 0.3 is 186 Å². The van der Waals surface area contributed by atoms with Crippen molar-refractivity contribution in [3.05, 3.63) is 16.1 Å². The second-order valence-electron chi connectivity index (χ2n) is 13.5. The molecule has 2 rings (SSSR count). The van der Waals surface area contributed by atoms with Crippen molar-refractivity contribution >= 4 is 56.6 Å². The van der Waals surface area contributed by atoms with Gasteiger partial charge in [-0.1, -0.05) is 37.3 Å². The van der Waals surface area contributed by atoms with Crippen molar-refractivity contribution in [2.24, 2.45) is 0 Å². The number of carboxylic acid groups (broad SMARTS) is 2. The molecule has 14 heteroatoms. The van der Waals surface area contributed by atoms with Crippen LogP contribution < -0.4 is 27.7 Å². The smallest absolute Gasteiger partial charge is 0.303 e. The third-order valence-corrected chi connectivity index (χ3v) is 24.6. The number of carboxylic acids is 2. The SMILES string of the molecule is CCC[CH2][Sn]([CH2]CCC)([CH2]CCC)[c]1cn(CCCCCCCCCC(=O)O)nn1.O.O=C(O)CCCCCCCCCn1cc(I)nn1.[I-]. The van der Waals surface area contributed by atoms with Crippen LogP contribution in [0.1, 0.15) is 162 Å². The van der Waals surface area contributed by atoms with E-state index in [-0.39, 0.29) is 29.5 Å². The standard InChI is InChI=1S/C12H20IN3O2.C12H20N3O2.3C4H9.HI.H2O.Sn/c13-11-10-16(15-14-11)9-7-5-3-1-2-4-6-8-12(17)18;16-12(17)8-6-4-2-1-3-5-7-10-15-11-9-13-14-15;3*1-3-4-2;;;/h10H,1-9H2,(H,17,18);11H,1-8,10H2,(H,16,17);3*1,3-4H2,2H3;1H;1H2;/p-1.